The molecule has 0 radical (unpaired) electrons. The summed E-state index contributed by atoms with van der Waals surface area (Å²) in [6.45, 7) is 9.35. The van der Waals surface area contributed by atoms with Crippen LogP contribution in [0.2, 0.25) is 0 Å². The number of rotatable bonds is 35. The molecule has 0 spiro atoms. The summed E-state index contributed by atoms with van der Waals surface area (Å²) in [4.78, 5) is 4.24. The number of hydrogen-bond donors (Lipinski definition) is 8. The summed E-state index contributed by atoms with van der Waals surface area (Å²) in [5, 5.41) is 36.9. The zero-order valence-corrected chi connectivity index (χ0v) is 60.1. The van der Waals surface area contributed by atoms with Crippen LogP contribution >= 0.6 is 0 Å². The number of hydrazone groups is 1. The van der Waals surface area contributed by atoms with Gasteiger partial charge >= 0.3 is 0 Å². The van der Waals surface area contributed by atoms with Crippen molar-refractivity contribution >= 4 is 139 Å². The molecule has 0 aromatic heterocycles. The van der Waals surface area contributed by atoms with Gasteiger partial charge in [0, 0.05) is 25.2 Å². The third-order valence-corrected chi connectivity index (χ3v) is 19.6. The summed E-state index contributed by atoms with van der Waals surface area (Å²) < 4.78 is 220. The average Bonchev–Trinajstić information content (AvgIpc) is 1.59. The number of benzene rings is 6. The number of anilines is 2. The van der Waals surface area contributed by atoms with Crippen LogP contribution < -0.4 is 20.2 Å². The van der Waals surface area contributed by atoms with E-state index in [9.17, 15) is 77.8 Å². The van der Waals surface area contributed by atoms with Gasteiger partial charge in [-0.25, -0.2) is 0 Å². The normalized spacial score (nSPS) is 15.3. The second-order valence-electron chi connectivity index (χ2n) is 22.8. The molecule has 32 nitrogen and oxygen atoms in total. The maximum absolute atomic E-state index is 11.7. The summed E-state index contributed by atoms with van der Waals surface area (Å²) in [6.07, 6.45) is 3.77. The minimum Gasteiger partial charge on any atom is -0.492 e. The highest BCUT2D eigenvalue weighted by molar-refractivity contribution is 7.87. The lowest BCUT2D eigenvalue weighted by Crippen LogP contribution is -2.21. The van der Waals surface area contributed by atoms with Crippen molar-refractivity contribution < 1.29 is 96.8 Å². The van der Waals surface area contributed by atoms with Gasteiger partial charge in [-0.05, 0) is 190 Å². The first-order chi connectivity index (χ1) is 47.3. The Hall–Kier alpha value is -8.64. The molecule has 6 aromatic carbocycles. The van der Waals surface area contributed by atoms with Crippen LogP contribution in [0.25, 0.3) is 21.5 Å². The van der Waals surface area contributed by atoms with Crippen molar-refractivity contribution in [2.45, 2.75) is 89.5 Å². The standard InChI is InChI=1S/C63H74N10O22S6/c1-40(44(5)66-67-50-15-11-48-35-52(100(86,87)88)17-13-46(48)33-50)29-57(45(6)92-21-7-25-96(74,75)76)72-69-54-19-20-61(93-22-8-26-97(77,78)79)58(30-41(54)2)64-39-65-59-31-42(3)56(37-62(59)94-23-9-27-98(80,81)82)71-73-60-32-43(4)55(38-63(60)95-24-10-28-99(83,84)85)70-68-51-16-12-49-36-53(101(89,90)91)18-14-47(49)34-51/h11-18,20,29-38,45,65,67H,7-10,19,21-28,39H2,1-6H3,(H,74,75,76)(H,77,78,79)(H,80,81,82)(H,83,84,85)(H,86,87,88)(H,89,90,91). The average molecular weight is 1520 g/mol. The number of ether oxygens (including phenoxy) is 4. The minimum absolute atomic E-state index is 0.0487. The fraction of sp³-hybridized carbons (Fsp3) is 0.333. The van der Waals surface area contributed by atoms with Gasteiger partial charge in [0.2, 0.25) is 0 Å². The third kappa shape index (κ3) is 26.4. The lowest BCUT2D eigenvalue weighted by Gasteiger charge is -2.15. The molecule has 38 heteroatoms. The molecule has 0 fully saturated rings. The molecule has 0 amide bonds. The Balaban J connectivity index is 1.19. The van der Waals surface area contributed by atoms with E-state index in [1.807, 2.05) is 0 Å². The van der Waals surface area contributed by atoms with Crippen LogP contribution in [0.4, 0.5) is 34.1 Å². The monoisotopic (exact) mass is 1510 g/mol. The molecule has 6 aromatic rings. The molecule has 1 aliphatic rings. The van der Waals surface area contributed by atoms with Crippen LogP contribution in [0.1, 0.15) is 70.9 Å². The number of aryl methyl sites for hydroxylation is 2. The van der Waals surface area contributed by atoms with Crippen molar-refractivity contribution in [1.29, 1.82) is 0 Å². The Morgan fingerprint density at radius 1 is 0.554 bits per heavy atom. The third-order valence-electron chi connectivity index (χ3n) is 14.7. The minimum atomic E-state index is -4.45. The second kappa shape index (κ2) is 34.8. The fourth-order valence-corrected chi connectivity index (χ4v) is 12.2. The van der Waals surface area contributed by atoms with E-state index >= 15 is 0 Å². The predicted molar refractivity (Wildman–Crippen MR) is 382 cm³/mol. The molecule has 0 heterocycles. The van der Waals surface area contributed by atoms with Gasteiger partial charge in [0.1, 0.15) is 35.3 Å². The molecule has 1 atom stereocenters. The highest BCUT2D eigenvalue weighted by atomic mass is 32.2. The number of fused-ring (bicyclic) bond motifs is 2. The zero-order valence-electron chi connectivity index (χ0n) is 55.2. The van der Waals surface area contributed by atoms with E-state index in [-0.39, 0.29) is 115 Å². The predicted octanol–water partition coefficient (Wildman–Crippen LogP) is 11.5. The molecule has 0 bridgehead atoms. The fourth-order valence-electron chi connectivity index (χ4n) is 9.28. The summed E-state index contributed by atoms with van der Waals surface area (Å²) in [5.41, 5.74) is 8.43. The van der Waals surface area contributed by atoms with Crippen molar-refractivity contribution in [3.8, 4) is 11.5 Å². The molecular weight excluding hydrogens is 1440 g/mol. The summed E-state index contributed by atoms with van der Waals surface area (Å²) in [6, 6.07) is 24.3. The Kier molecular flexibility index (Phi) is 27.5. The van der Waals surface area contributed by atoms with Crippen molar-refractivity contribution in [2.75, 3.05) is 66.9 Å². The van der Waals surface area contributed by atoms with Crippen molar-refractivity contribution in [3.05, 3.63) is 143 Å². The van der Waals surface area contributed by atoms with Crippen molar-refractivity contribution in [1.82, 2.24) is 0 Å². The first kappa shape index (κ1) is 79.7. The molecule has 0 saturated carbocycles. The second-order valence-corrected chi connectivity index (χ2v) is 31.9. The summed E-state index contributed by atoms with van der Waals surface area (Å²) >= 11 is 0. The lowest BCUT2D eigenvalue weighted by molar-refractivity contribution is 0.111. The van der Waals surface area contributed by atoms with Crippen LogP contribution in [-0.4, -0.2) is 163 Å². The molecule has 8 N–H and O–H groups in total. The van der Waals surface area contributed by atoms with Crippen LogP contribution in [-0.2, 0) is 70.2 Å². The number of aliphatic imine (C=N–C) groups is 1. The largest absolute Gasteiger partial charge is 0.492 e. The number of nitrogens with zero attached hydrogens (tertiary/aromatic N) is 8. The SMILES string of the molecule is CC(=CC(=NN=C1CC=C(OCCCS(=O)(=O)O)C(=NCNc2cc(C)c(N=Nc3cc(C)c(N=Nc4ccc5cc(S(=O)(=O)O)ccc5c4)cc3OCCCS(=O)(=O)O)cc2OCCCS(=O)(=O)O)C=C1C)C(C)OCCCS(=O)(=O)O)C(C)=NNc1ccc2cc(S(=O)(=O)O)ccc2c1. The maximum atomic E-state index is 11.7. The Morgan fingerprint density at radius 3 is 1.63 bits per heavy atom. The zero-order chi connectivity index (χ0) is 74.1. The van der Waals surface area contributed by atoms with Gasteiger partial charge < -0.3 is 24.3 Å². The molecule has 0 aliphatic heterocycles. The van der Waals surface area contributed by atoms with Crippen molar-refractivity contribution in [3.63, 3.8) is 0 Å². The smallest absolute Gasteiger partial charge is 0.294 e. The van der Waals surface area contributed by atoms with Crippen molar-refractivity contribution in [2.24, 2.45) is 40.8 Å². The van der Waals surface area contributed by atoms with E-state index in [4.69, 9.17) is 23.9 Å². The van der Waals surface area contributed by atoms with Gasteiger partial charge in [-0.2, -0.15) is 81.2 Å². The maximum Gasteiger partial charge on any atom is 0.294 e. The topological polar surface area (TPSA) is 486 Å². The molecule has 544 valence electrons. The summed E-state index contributed by atoms with van der Waals surface area (Å²) in [7, 11) is -26.2. The number of azo groups is 2. The van der Waals surface area contributed by atoms with E-state index in [0.717, 1.165) is 0 Å². The quantitative estimate of drug-likeness (QED) is 0.00602. The van der Waals surface area contributed by atoms with E-state index < -0.39 is 89.8 Å². The molecule has 0 saturated heterocycles. The highest BCUT2D eigenvalue weighted by Crippen LogP contribution is 2.40. The van der Waals surface area contributed by atoms with Gasteiger partial charge in [0.25, 0.3) is 60.7 Å². The Morgan fingerprint density at radius 2 is 1.05 bits per heavy atom. The van der Waals surface area contributed by atoms with E-state index in [2.05, 4.69) is 46.5 Å². The first-order valence-corrected chi connectivity index (χ1v) is 39.8. The van der Waals surface area contributed by atoms with Crippen LogP contribution in [0.15, 0.2) is 183 Å². The molecule has 7 rings (SSSR count). The van der Waals surface area contributed by atoms with E-state index in [1.54, 1.807) is 108 Å². The molecule has 101 heavy (non-hydrogen) atoms. The Labute approximate surface area is 584 Å². The van der Waals surface area contributed by atoms with Crippen LogP contribution in [0, 0.1) is 13.8 Å². The lowest BCUT2D eigenvalue weighted by atomic mass is 10.1. The Bertz CT molecular complexity index is 5120. The molecule has 1 unspecified atom stereocenters. The molecule has 1 aliphatic carbocycles. The first-order valence-electron chi connectivity index (χ1n) is 30.5. The highest BCUT2D eigenvalue weighted by Gasteiger charge is 2.20. The molecular formula is C63H74N10O22S6. The van der Waals surface area contributed by atoms with Crippen LogP contribution in [0.3, 0.4) is 0 Å². The van der Waals surface area contributed by atoms with Gasteiger partial charge in [-0.1, -0.05) is 24.3 Å². The number of allylic oxidation sites excluding steroid dienone is 4. The number of nitrogens with one attached hydrogen (secondary N) is 2. The van der Waals surface area contributed by atoms with E-state index in [1.165, 1.54) is 48.5 Å². The van der Waals surface area contributed by atoms with Crippen LogP contribution in [0.5, 0.6) is 11.5 Å². The van der Waals surface area contributed by atoms with E-state index in [0.29, 0.717) is 78.0 Å². The number of hydrogen-bond acceptors (Lipinski definition) is 26. The van der Waals surface area contributed by atoms with Gasteiger partial charge in [0.05, 0.1) is 104 Å². The van der Waals surface area contributed by atoms with Gasteiger partial charge in [-0.15, -0.1) is 5.11 Å². The van der Waals surface area contributed by atoms with Gasteiger partial charge in [-0.3, -0.25) is 37.7 Å². The summed E-state index contributed by atoms with van der Waals surface area (Å²) in [5.74, 6) is -2.02. The van der Waals surface area contributed by atoms with Gasteiger partial charge in [0.15, 0.2) is 0 Å².